The first-order valence-corrected chi connectivity index (χ1v) is 7.57. The highest BCUT2D eigenvalue weighted by atomic mass is 28.2. The molecule has 3 heteroatoms. The molecular formula is C15H20O2Si. The summed E-state index contributed by atoms with van der Waals surface area (Å²) in [6.45, 7) is 2.00. The molecule has 0 atom stereocenters. The van der Waals surface area contributed by atoms with Gasteiger partial charge in [0, 0.05) is 6.92 Å². The van der Waals surface area contributed by atoms with Gasteiger partial charge in [0.1, 0.15) is 0 Å². The summed E-state index contributed by atoms with van der Waals surface area (Å²) >= 11 is 0. The quantitative estimate of drug-likeness (QED) is 0.311. The molecule has 0 N–H and O–H groups in total. The molecule has 0 aliphatic carbocycles. The Labute approximate surface area is 112 Å². The SMILES string of the molecule is CC(=O)OCCCC/C=C\C[Si]c1ccccc1. The number of hydrogen-bond donors (Lipinski definition) is 0. The monoisotopic (exact) mass is 260 g/mol. The first-order chi connectivity index (χ1) is 8.79. The van der Waals surface area contributed by atoms with Crippen LogP contribution < -0.4 is 5.19 Å². The molecule has 0 aromatic heterocycles. The number of benzene rings is 1. The highest BCUT2D eigenvalue weighted by molar-refractivity contribution is 6.53. The maximum absolute atomic E-state index is 10.5. The van der Waals surface area contributed by atoms with Gasteiger partial charge in [-0.2, -0.15) is 0 Å². The summed E-state index contributed by atoms with van der Waals surface area (Å²) in [7, 11) is 0.857. The Kier molecular flexibility index (Phi) is 7.89. The lowest BCUT2D eigenvalue weighted by molar-refractivity contribution is -0.141. The van der Waals surface area contributed by atoms with E-state index >= 15 is 0 Å². The van der Waals surface area contributed by atoms with Gasteiger partial charge in [-0.05, 0) is 25.3 Å². The molecule has 0 aliphatic rings. The summed E-state index contributed by atoms with van der Waals surface area (Å²) in [6.07, 6.45) is 7.57. The van der Waals surface area contributed by atoms with Crippen molar-refractivity contribution in [1.29, 1.82) is 0 Å². The van der Waals surface area contributed by atoms with E-state index in [1.165, 1.54) is 12.1 Å². The predicted molar refractivity (Wildman–Crippen MR) is 76.3 cm³/mol. The van der Waals surface area contributed by atoms with Gasteiger partial charge in [-0.25, -0.2) is 0 Å². The number of carbonyl (C=O) groups excluding carboxylic acids is 1. The van der Waals surface area contributed by atoms with Crippen molar-refractivity contribution < 1.29 is 9.53 Å². The van der Waals surface area contributed by atoms with Crippen LogP contribution in [0.5, 0.6) is 0 Å². The summed E-state index contributed by atoms with van der Waals surface area (Å²) in [6, 6.07) is 11.7. The van der Waals surface area contributed by atoms with Crippen LogP contribution in [-0.2, 0) is 9.53 Å². The fourth-order valence-electron chi connectivity index (χ4n) is 1.51. The standard InChI is InChI=1S/C15H20O2Si/c1-14(16)17-12-8-3-2-4-9-13-18-15-10-6-5-7-11-15/h4-7,9-11H,2-3,8,12-13H2,1H3/b9-4-. The second kappa shape index (κ2) is 9.65. The summed E-state index contributed by atoms with van der Waals surface area (Å²) < 4.78 is 4.87. The summed E-state index contributed by atoms with van der Waals surface area (Å²) in [5, 5.41) is 1.41. The fraction of sp³-hybridized carbons (Fsp3) is 0.400. The van der Waals surface area contributed by atoms with E-state index in [-0.39, 0.29) is 5.97 Å². The van der Waals surface area contributed by atoms with E-state index in [0.29, 0.717) is 6.61 Å². The molecule has 0 saturated heterocycles. The molecule has 0 spiro atoms. The van der Waals surface area contributed by atoms with Crippen molar-refractivity contribution in [1.82, 2.24) is 0 Å². The Morgan fingerprint density at radius 3 is 2.72 bits per heavy atom. The smallest absolute Gasteiger partial charge is 0.302 e. The number of rotatable bonds is 8. The van der Waals surface area contributed by atoms with Crippen molar-refractivity contribution in [3.8, 4) is 0 Å². The van der Waals surface area contributed by atoms with Crippen molar-refractivity contribution in [2.45, 2.75) is 32.2 Å². The van der Waals surface area contributed by atoms with E-state index in [1.807, 2.05) is 6.07 Å². The van der Waals surface area contributed by atoms with Crippen LogP contribution in [0.3, 0.4) is 0 Å². The lowest BCUT2D eigenvalue weighted by Crippen LogP contribution is -2.11. The van der Waals surface area contributed by atoms with Crippen molar-refractivity contribution in [3.63, 3.8) is 0 Å². The minimum Gasteiger partial charge on any atom is -0.466 e. The first-order valence-electron chi connectivity index (χ1n) is 6.36. The molecule has 96 valence electrons. The normalized spacial score (nSPS) is 10.7. The molecule has 18 heavy (non-hydrogen) atoms. The second-order valence-electron chi connectivity index (χ2n) is 4.05. The Morgan fingerprint density at radius 2 is 2.00 bits per heavy atom. The van der Waals surface area contributed by atoms with Gasteiger partial charge in [-0.3, -0.25) is 4.79 Å². The van der Waals surface area contributed by atoms with E-state index in [0.717, 1.165) is 34.8 Å². The maximum atomic E-state index is 10.5. The van der Waals surface area contributed by atoms with Crippen molar-refractivity contribution in [2.24, 2.45) is 0 Å². The topological polar surface area (TPSA) is 26.3 Å². The highest BCUT2D eigenvalue weighted by Crippen LogP contribution is 1.98. The largest absolute Gasteiger partial charge is 0.466 e. The molecule has 0 bridgehead atoms. The molecule has 2 nitrogen and oxygen atoms in total. The average Bonchev–Trinajstić information content (AvgIpc) is 2.37. The fourth-order valence-corrected chi connectivity index (χ4v) is 2.46. The van der Waals surface area contributed by atoms with Gasteiger partial charge in [0.25, 0.3) is 0 Å². The maximum Gasteiger partial charge on any atom is 0.302 e. The third kappa shape index (κ3) is 7.85. The molecule has 2 radical (unpaired) electrons. The van der Waals surface area contributed by atoms with Crippen LogP contribution in [0.4, 0.5) is 0 Å². The van der Waals surface area contributed by atoms with Crippen LogP contribution in [-0.4, -0.2) is 22.1 Å². The molecule has 1 aromatic carbocycles. The van der Waals surface area contributed by atoms with Crippen LogP contribution in [0.2, 0.25) is 6.04 Å². The van der Waals surface area contributed by atoms with E-state index in [2.05, 4.69) is 36.4 Å². The van der Waals surface area contributed by atoms with Gasteiger partial charge in [0.15, 0.2) is 0 Å². The Morgan fingerprint density at radius 1 is 1.22 bits per heavy atom. The summed E-state index contributed by atoms with van der Waals surface area (Å²) in [4.78, 5) is 10.5. The number of carbonyl (C=O) groups is 1. The molecule has 1 rings (SSSR count). The van der Waals surface area contributed by atoms with Gasteiger partial charge in [0.05, 0.1) is 16.1 Å². The minimum absolute atomic E-state index is 0.186. The van der Waals surface area contributed by atoms with Gasteiger partial charge >= 0.3 is 5.97 Å². The van der Waals surface area contributed by atoms with Crippen molar-refractivity contribution in [3.05, 3.63) is 42.5 Å². The zero-order valence-corrected chi connectivity index (χ0v) is 11.9. The van der Waals surface area contributed by atoms with Crippen molar-refractivity contribution in [2.75, 3.05) is 6.61 Å². The van der Waals surface area contributed by atoms with E-state index in [1.54, 1.807) is 0 Å². The lowest BCUT2D eigenvalue weighted by atomic mass is 10.2. The number of esters is 1. The zero-order valence-electron chi connectivity index (χ0n) is 10.9. The van der Waals surface area contributed by atoms with Crippen LogP contribution in [0.25, 0.3) is 0 Å². The lowest BCUT2D eigenvalue weighted by Gasteiger charge is -1.99. The predicted octanol–water partition coefficient (Wildman–Crippen LogP) is 2.72. The first kappa shape index (κ1) is 14.7. The average molecular weight is 260 g/mol. The third-order valence-electron chi connectivity index (χ3n) is 2.43. The molecule has 0 amide bonds. The van der Waals surface area contributed by atoms with E-state index in [4.69, 9.17) is 4.74 Å². The Hall–Kier alpha value is -1.35. The number of allylic oxidation sites excluding steroid dienone is 2. The Bertz CT molecular complexity index is 360. The minimum atomic E-state index is -0.186. The highest BCUT2D eigenvalue weighted by Gasteiger charge is 1.92. The van der Waals surface area contributed by atoms with Crippen molar-refractivity contribution >= 4 is 20.7 Å². The molecule has 0 unspecified atom stereocenters. The number of hydrogen-bond acceptors (Lipinski definition) is 2. The molecular weight excluding hydrogens is 240 g/mol. The van der Waals surface area contributed by atoms with Gasteiger partial charge in [-0.1, -0.05) is 47.7 Å². The summed E-state index contributed by atoms with van der Waals surface area (Å²) in [5.74, 6) is -0.186. The summed E-state index contributed by atoms with van der Waals surface area (Å²) in [5.41, 5.74) is 0. The molecule has 0 saturated carbocycles. The third-order valence-corrected chi connectivity index (χ3v) is 3.62. The molecule has 0 fully saturated rings. The number of ether oxygens (including phenoxy) is 1. The molecule has 1 aromatic rings. The zero-order chi connectivity index (χ0) is 13.1. The van der Waals surface area contributed by atoms with Gasteiger partial charge in [-0.15, -0.1) is 0 Å². The van der Waals surface area contributed by atoms with E-state index in [9.17, 15) is 4.79 Å². The second-order valence-corrected chi connectivity index (χ2v) is 5.39. The van der Waals surface area contributed by atoms with Crippen LogP contribution in [0, 0.1) is 0 Å². The van der Waals surface area contributed by atoms with E-state index < -0.39 is 0 Å². The van der Waals surface area contributed by atoms with Crippen LogP contribution in [0.15, 0.2) is 42.5 Å². The molecule has 0 heterocycles. The van der Waals surface area contributed by atoms with Gasteiger partial charge in [0.2, 0.25) is 0 Å². The van der Waals surface area contributed by atoms with Gasteiger partial charge < -0.3 is 4.74 Å². The van der Waals surface area contributed by atoms with Crippen LogP contribution in [0.1, 0.15) is 26.2 Å². The molecule has 0 aliphatic heterocycles. The Balaban J connectivity index is 1.96. The van der Waals surface area contributed by atoms with Crippen LogP contribution >= 0.6 is 0 Å². The number of unbranched alkanes of at least 4 members (excludes halogenated alkanes) is 2.